The fourth-order valence-electron chi connectivity index (χ4n) is 1.80. The molecule has 1 fully saturated rings. The predicted octanol–water partition coefficient (Wildman–Crippen LogP) is 1.82. The Kier molecular flexibility index (Phi) is 3.64. The highest BCUT2D eigenvalue weighted by atomic mass is 16.5. The van der Waals surface area contributed by atoms with Crippen LogP contribution in [0.1, 0.15) is 13.3 Å². The summed E-state index contributed by atoms with van der Waals surface area (Å²) in [6.45, 7) is 2.39. The van der Waals surface area contributed by atoms with Gasteiger partial charge in [-0.05, 0) is 19.1 Å². The zero-order valence-electron chi connectivity index (χ0n) is 10.0. The molecule has 4 heteroatoms. The molecule has 0 saturated heterocycles. The van der Waals surface area contributed by atoms with Gasteiger partial charge in [-0.3, -0.25) is 4.79 Å². The molecule has 0 heterocycles. The van der Waals surface area contributed by atoms with Gasteiger partial charge in [0, 0.05) is 19.1 Å². The van der Waals surface area contributed by atoms with E-state index in [4.69, 9.17) is 14.2 Å². The van der Waals surface area contributed by atoms with Crippen molar-refractivity contribution < 1.29 is 19.0 Å². The lowest BCUT2D eigenvalue weighted by molar-refractivity contribution is -0.154. The van der Waals surface area contributed by atoms with Gasteiger partial charge < -0.3 is 14.2 Å². The Labute approximate surface area is 100 Å². The third-order valence-corrected chi connectivity index (χ3v) is 2.73. The Bertz CT molecular complexity index is 402. The minimum Gasteiger partial charge on any atom is -0.497 e. The maximum atomic E-state index is 11.3. The van der Waals surface area contributed by atoms with E-state index in [2.05, 4.69) is 0 Å². The lowest BCUT2D eigenvalue weighted by Crippen LogP contribution is -2.52. The van der Waals surface area contributed by atoms with E-state index in [0.717, 1.165) is 5.75 Å². The van der Waals surface area contributed by atoms with Gasteiger partial charge in [0.25, 0.3) is 0 Å². The molecular formula is C13H16O4. The van der Waals surface area contributed by atoms with E-state index in [1.165, 1.54) is 0 Å². The molecule has 0 N–H and O–H groups in total. The zero-order valence-corrected chi connectivity index (χ0v) is 10.0. The van der Waals surface area contributed by atoms with Crippen molar-refractivity contribution >= 4 is 5.78 Å². The third kappa shape index (κ3) is 2.58. The SMILES string of the molecule is CCOC1C(=O)CC1Oc1cccc(OC)c1. The molecule has 0 amide bonds. The molecule has 92 valence electrons. The maximum absolute atomic E-state index is 11.3. The van der Waals surface area contributed by atoms with Crippen LogP contribution in [0.25, 0.3) is 0 Å². The molecule has 0 aromatic heterocycles. The number of rotatable bonds is 5. The molecule has 2 rings (SSSR count). The van der Waals surface area contributed by atoms with Crippen molar-refractivity contribution in [1.82, 2.24) is 0 Å². The monoisotopic (exact) mass is 236 g/mol. The molecule has 17 heavy (non-hydrogen) atoms. The largest absolute Gasteiger partial charge is 0.497 e. The summed E-state index contributed by atoms with van der Waals surface area (Å²) in [5, 5.41) is 0. The standard InChI is InChI=1S/C13H16O4/c1-3-16-13-11(14)8-12(13)17-10-6-4-5-9(7-10)15-2/h4-7,12-13H,3,8H2,1-2H3. The Morgan fingerprint density at radius 3 is 2.76 bits per heavy atom. The molecule has 2 atom stereocenters. The summed E-state index contributed by atoms with van der Waals surface area (Å²) < 4.78 is 16.1. The highest BCUT2D eigenvalue weighted by Crippen LogP contribution is 2.27. The number of ketones is 1. The van der Waals surface area contributed by atoms with Crippen LogP contribution in [0.2, 0.25) is 0 Å². The molecule has 0 bridgehead atoms. The van der Waals surface area contributed by atoms with Gasteiger partial charge in [0.1, 0.15) is 17.6 Å². The van der Waals surface area contributed by atoms with Gasteiger partial charge in [-0.25, -0.2) is 0 Å². The molecule has 1 aliphatic rings. The molecule has 0 spiro atoms. The van der Waals surface area contributed by atoms with Crippen molar-refractivity contribution in [3.05, 3.63) is 24.3 Å². The first kappa shape index (κ1) is 11.9. The second-order valence-electron chi connectivity index (χ2n) is 3.88. The first-order valence-corrected chi connectivity index (χ1v) is 5.69. The summed E-state index contributed by atoms with van der Waals surface area (Å²) in [6, 6.07) is 7.34. The van der Waals surface area contributed by atoms with E-state index in [0.29, 0.717) is 18.8 Å². The molecule has 2 unspecified atom stereocenters. The molecule has 1 aromatic rings. The normalized spacial score (nSPS) is 23.1. The summed E-state index contributed by atoms with van der Waals surface area (Å²) in [7, 11) is 1.61. The highest BCUT2D eigenvalue weighted by molar-refractivity contribution is 5.90. The summed E-state index contributed by atoms with van der Waals surface area (Å²) in [5.74, 6) is 1.55. The van der Waals surface area contributed by atoms with Crippen LogP contribution in [-0.2, 0) is 9.53 Å². The number of Topliss-reactive ketones (excluding diaryl/α,β-unsaturated/α-hetero) is 1. The van der Waals surface area contributed by atoms with Gasteiger partial charge in [0.05, 0.1) is 7.11 Å². The quantitative estimate of drug-likeness (QED) is 0.782. The average molecular weight is 236 g/mol. The first-order chi connectivity index (χ1) is 8.24. The van der Waals surface area contributed by atoms with Gasteiger partial charge in [0.2, 0.25) is 0 Å². The second kappa shape index (κ2) is 5.19. The van der Waals surface area contributed by atoms with Gasteiger partial charge in [-0.1, -0.05) is 6.07 Å². The fraction of sp³-hybridized carbons (Fsp3) is 0.462. The van der Waals surface area contributed by atoms with Crippen LogP contribution >= 0.6 is 0 Å². The van der Waals surface area contributed by atoms with E-state index in [1.54, 1.807) is 13.2 Å². The Hall–Kier alpha value is -1.55. The van der Waals surface area contributed by atoms with Crippen LogP contribution in [0.15, 0.2) is 24.3 Å². The Morgan fingerprint density at radius 1 is 1.35 bits per heavy atom. The van der Waals surface area contributed by atoms with Crippen molar-refractivity contribution in [2.45, 2.75) is 25.6 Å². The van der Waals surface area contributed by atoms with Crippen molar-refractivity contribution in [2.75, 3.05) is 13.7 Å². The molecule has 1 aliphatic carbocycles. The van der Waals surface area contributed by atoms with E-state index in [-0.39, 0.29) is 11.9 Å². The predicted molar refractivity (Wildman–Crippen MR) is 62.4 cm³/mol. The summed E-state index contributed by atoms with van der Waals surface area (Å²) >= 11 is 0. The molecule has 0 aliphatic heterocycles. The highest BCUT2D eigenvalue weighted by Gasteiger charge is 2.42. The Balaban J connectivity index is 1.98. The number of carbonyl (C=O) groups is 1. The number of hydrogen-bond donors (Lipinski definition) is 0. The van der Waals surface area contributed by atoms with Crippen LogP contribution in [0.5, 0.6) is 11.5 Å². The van der Waals surface area contributed by atoms with Gasteiger partial charge in [0.15, 0.2) is 11.9 Å². The number of methoxy groups -OCH3 is 1. The summed E-state index contributed by atoms with van der Waals surface area (Å²) in [5.41, 5.74) is 0. The van der Waals surface area contributed by atoms with Gasteiger partial charge >= 0.3 is 0 Å². The molecule has 1 saturated carbocycles. The summed E-state index contributed by atoms with van der Waals surface area (Å²) in [6.07, 6.45) is -0.164. The minimum atomic E-state index is -0.411. The lowest BCUT2D eigenvalue weighted by atomic mass is 9.90. The van der Waals surface area contributed by atoms with Crippen LogP contribution in [0.4, 0.5) is 0 Å². The van der Waals surface area contributed by atoms with Gasteiger partial charge in [-0.2, -0.15) is 0 Å². The number of carbonyl (C=O) groups excluding carboxylic acids is 1. The number of hydrogen-bond acceptors (Lipinski definition) is 4. The number of benzene rings is 1. The third-order valence-electron chi connectivity index (χ3n) is 2.73. The van der Waals surface area contributed by atoms with Crippen LogP contribution < -0.4 is 9.47 Å². The molecular weight excluding hydrogens is 220 g/mol. The molecule has 4 nitrogen and oxygen atoms in total. The van der Waals surface area contributed by atoms with Crippen LogP contribution in [0.3, 0.4) is 0 Å². The van der Waals surface area contributed by atoms with E-state index in [9.17, 15) is 4.79 Å². The average Bonchev–Trinajstić information content (AvgIpc) is 2.36. The lowest BCUT2D eigenvalue weighted by Gasteiger charge is -2.34. The van der Waals surface area contributed by atoms with Crippen LogP contribution in [0, 0.1) is 0 Å². The van der Waals surface area contributed by atoms with E-state index in [1.807, 2.05) is 25.1 Å². The second-order valence-corrected chi connectivity index (χ2v) is 3.88. The van der Waals surface area contributed by atoms with Crippen molar-refractivity contribution in [3.63, 3.8) is 0 Å². The fourth-order valence-corrected chi connectivity index (χ4v) is 1.80. The zero-order chi connectivity index (χ0) is 12.3. The summed E-state index contributed by atoms with van der Waals surface area (Å²) in [4.78, 5) is 11.3. The first-order valence-electron chi connectivity index (χ1n) is 5.69. The van der Waals surface area contributed by atoms with E-state index < -0.39 is 6.10 Å². The smallest absolute Gasteiger partial charge is 0.169 e. The van der Waals surface area contributed by atoms with Crippen molar-refractivity contribution in [2.24, 2.45) is 0 Å². The van der Waals surface area contributed by atoms with E-state index >= 15 is 0 Å². The van der Waals surface area contributed by atoms with Crippen molar-refractivity contribution in [1.29, 1.82) is 0 Å². The van der Waals surface area contributed by atoms with Crippen molar-refractivity contribution in [3.8, 4) is 11.5 Å². The molecule has 0 radical (unpaired) electrons. The Morgan fingerprint density at radius 2 is 2.12 bits per heavy atom. The topological polar surface area (TPSA) is 44.8 Å². The molecule has 1 aromatic carbocycles. The van der Waals surface area contributed by atoms with Gasteiger partial charge in [-0.15, -0.1) is 0 Å². The maximum Gasteiger partial charge on any atom is 0.169 e. The minimum absolute atomic E-state index is 0.111. The van der Waals surface area contributed by atoms with Crippen LogP contribution in [-0.4, -0.2) is 31.7 Å². The number of ether oxygens (including phenoxy) is 3.